The quantitative estimate of drug-likeness (QED) is 0.819. The molecule has 0 aliphatic heterocycles. The number of carbonyl (C=O) groups excluding carboxylic acids is 1. The Labute approximate surface area is 172 Å². The van der Waals surface area contributed by atoms with Crippen molar-refractivity contribution in [3.05, 3.63) is 47.8 Å². The summed E-state index contributed by atoms with van der Waals surface area (Å²) in [5, 5.41) is 8.16. The number of para-hydroxylation sites is 1. The first-order valence-electron chi connectivity index (χ1n) is 10.4. The number of benzene rings is 1. The van der Waals surface area contributed by atoms with Crippen molar-refractivity contribution in [1.82, 2.24) is 15.1 Å². The highest BCUT2D eigenvalue weighted by Gasteiger charge is 2.40. The molecule has 2 atom stereocenters. The summed E-state index contributed by atoms with van der Waals surface area (Å²) in [6, 6.07) is 12.5. The molecule has 5 nitrogen and oxygen atoms in total. The number of aromatic nitrogens is 2. The molecule has 1 aromatic heterocycles. The normalized spacial score (nSPS) is 29.0. The first kappa shape index (κ1) is 19.5. The minimum atomic E-state index is 0. The Morgan fingerprint density at radius 3 is 2.39 bits per heavy atom. The lowest BCUT2D eigenvalue weighted by Crippen LogP contribution is -2.53. The van der Waals surface area contributed by atoms with Crippen LogP contribution in [0.2, 0.25) is 0 Å². The van der Waals surface area contributed by atoms with Crippen LogP contribution in [0.25, 0.3) is 5.69 Å². The van der Waals surface area contributed by atoms with Crippen LogP contribution in [0, 0.1) is 11.8 Å². The summed E-state index contributed by atoms with van der Waals surface area (Å²) in [4.78, 5) is 13.3. The Bertz CT molecular complexity index is 818. The van der Waals surface area contributed by atoms with Gasteiger partial charge in [-0.2, -0.15) is 5.10 Å². The van der Waals surface area contributed by atoms with Crippen LogP contribution in [0.3, 0.4) is 0 Å². The number of nitrogens with one attached hydrogen (secondary N) is 1. The molecule has 2 aromatic rings. The van der Waals surface area contributed by atoms with Crippen LogP contribution in [-0.4, -0.2) is 27.8 Å². The molecule has 3 N–H and O–H groups in total. The van der Waals surface area contributed by atoms with E-state index in [0.29, 0.717) is 29.5 Å². The standard InChI is InChI=1S/C22H28N4O.ClH/c23-17-11-15-5-4-6-16(12-17)21(15)24-22(27)20-13-19(14-9-10-14)25-26(20)18-7-2-1-3-8-18;/h1-3,7-8,13-17,21H,4-6,9-12,23H2,(H,24,27);1H. The highest BCUT2D eigenvalue weighted by atomic mass is 35.5. The number of rotatable bonds is 4. The number of halogens is 1. The average Bonchev–Trinajstić information content (AvgIpc) is 3.41. The van der Waals surface area contributed by atoms with Gasteiger partial charge in [-0.05, 0) is 68.6 Å². The van der Waals surface area contributed by atoms with E-state index in [-0.39, 0.29) is 24.4 Å². The predicted molar refractivity (Wildman–Crippen MR) is 112 cm³/mol. The summed E-state index contributed by atoms with van der Waals surface area (Å²) in [6.07, 6.45) is 8.05. The van der Waals surface area contributed by atoms with Crippen LogP contribution in [0.4, 0.5) is 0 Å². The van der Waals surface area contributed by atoms with Gasteiger partial charge in [0.05, 0.1) is 11.4 Å². The van der Waals surface area contributed by atoms with Crippen molar-refractivity contribution in [3.8, 4) is 5.69 Å². The van der Waals surface area contributed by atoms with E-state index in [9.17, 15) is 4.79 Å². The molecule has 3 aliphatic carbocycles. The third kappa shape index (κ3) is 3.70. The molecule has 0 saturated heterocycles. The smallest absolute Gasteiger partial charge is 0.270 e. The highest BCUT2D eigenvalue weighted by Crippen LogP contribution is 2.41. The van der Waals surface area contributed by atoms with Gasteiger partial charge in [0.15, 0.2) is 0 Å². The van der Waals surface area contributed by atoms with Gasteiger partial charge in [-0.15, -0.1) is 12.4 Å². The molecular weight excluding hydrogens is 372 g/mol. The SMILES string of the molecule is Cl.NC1CC2CCCC(C1)C2NC(=O)c1cc(C2CC2)nn1-c1ccccc1. The minimum Gasteiger partial charge on any atom is -0.347 e. The predicted octanol–water partition coefficient (Wildman–Crippen LogP) is 3.81. The molecule has 5 rings (SSSR count). The van der Waals surface area contributed by atoms with Crippen LogP contribution < -0.4 is 11.1 Å². The second-order valence-corrected chi connectivity index (χ2v) is 8.66. The molecule has 2 bridgehead atoms. The van der Waals surface area contributed by atoms with Crippen LogP contribution in [-0.2, 0) is 0 Å². The average molecular weight is 401 g/mol. The van der Waals surface area contributed by atoms with E-state index in [0.717, 1.165) is 24.2 Å². The van der Waals surface area contributed by atoms with E-state index in [4.69, 9.17) is 10.8 Å². The van der Waals surface area contributed by atoms with E-state index < -0.39 is 0 Å². The molecule has 0 radical (unpaired) electrons. The zero-order valence-electron chi connectivity index (χ0n) is 16.1. The number of fused-ring (bicyclic) bond motifs is 2. The van der Waals surface area contributed by atoms with Crippen LogP contribution in [0.15, 0.2) is 36.4 Å². The Kier molecular flexibility index (Phi) is 5.48. The van der Waals surface area contributed by atoms with Crippen LogP contribution >= 0.6 is 12.4 Å². The largest absolute Gasteiger partial charge is 0.347 e. The molecule has 1 heterocycles. The van der Waals surface area contributed by atoms with E-state index in [1.54, 1.807) is 0 Å². The maximum atomic E-state index is 13.3. The van der Waals surface area contributed by atoms with Gasteiger partial charge in [-0.1, -0.05) is 24.6 Å². The van der Waals surface area contributed by atoms with Gasteiger partial charge >= 0.3 is 0 Å². The molecule has 0 spiro atoms. The Morgan fingerprint density at radius 2 is 1.75 bits per heavy atom. The van der Waals surface area contributed by atoms with E-state index in [2.05, 4.69) is 5.32 Å². The van der Waals surface area contributed by atoms with Gasteiger partial charge in [-0.25, -0.2) is 4.68 Å². The number of carbonyl (C=O) groups is 1. The topological polar surface area (TPSA) is 72.9 Å². The molecule has 28 heavy (non-hydrogen) atoms. The van der Waals surface area contributed by atoms with E-state index in [1.807, 2.05) is 41.1 Å². The Morgan fingerprint density at radius 1 is 1.07 bits per heavy atom. The lowest BCUT2D eigenvalue weighted by Gasteiger charge is -2.45. The third-order valence-corrected chi connectivity index (χ3v) is 6.63. The molecule has 1 aromatic carbocycles. The molecule has 6 heteroatoms. The summed E-state index contributed by atoms with van der Waals surface area (Å²) >= 11 is 0. The Hall–Kier alpha value is -1.85. The van der Waals surface area contributed by atoms with Crippen LogP contribution in [0.1, 0.15) is 67.0 Å². The fourth-order valence-corrected chi connectivity index (χ4v) is 5.16. The van der Waals surface area contributed by atoms with Crippen LogP contribution in [0.5, 0.6) is 0 Å². The Balaban J connectivity index is 0.00000192. The maximum absolute atomic E-state index is 13.3. The van der Waals surface area contributed by atoms with Gasteiger partial charge in [0.25, 0.3) is 5.91 Å². The third-order valence-electron chi connectivity index (χ3n) is 6.63. The molecule has 3 saturated carbocycles. The van der Waals surface area contributed by atoms with Crippen molar-refractivity contribution >= 4 is 18.3 Å². The van der Waals surface area contributed by atoms with Crippen molar-refractivity contribution in [2.24, 2.45) is 17.6 Å². The lowest BCUT2D eigenvalue weighted by molar-refractivity contribution is 0.0749. The first-order valence-corrected chi connectivity index (χ1v) is 10.4. The van der Waals surface area contributed by atoms with Crippen molar-refractivity contribution in [3.63, 3.8) is 0 Å². The van der Waals surface area contributed by atoms with E-state index in [1.165, 1.54) is 32.1 Å². The van der Waals surface area contributed by atoms with Crippen molar-refractivity contribution < 1.29 is 4.79 Å². The summed E-state index contributed by atoms with van der Waals surface area (Å²) in [5.41, 5.74) is 8.90. The van der Waals surface area contributed by atoms with E-state index >= 15 is 0 Å². The lowest BCUT2D eigenvalue weighted by atomic mass is 9.67. The number of nitrogens with two attached hydrogens (primary N) is 1. The van der Waals surface area contributed by atoms with Gasteiger partial charge < -0.3 is 11.1 Å². The fourth-order valence-electron chi connectivity index (χ4n) is 5.16. The molecule has 3 aliphatic rings. The summed E-state index contributed by atoms with van der Waals surface area (Å²) in [7, 11) is 0. The fraction of sp³-hybridized carbons (Fsp3) is 0.545. The number of amides is 1. The molecule has 3 fully saturated rings. The van der Waals surface area contributed by atoms with Gasteiger partial charge in [0.2, 0.25) is 0 Å². The maximum Gasteiger partial charge on any atom is 0.270 e. The first-order chi connectivity index (χ1) is 13.2. The molecule has 150 valence electrons. The zero-order chi connectivity index (χ0) is 18.4. The molecule has 2 unspecified atom stereocenters. The van der Waals surface area contributed by atoms with Crippen molar-refractivity contribution in [2.45, 2.75) is 62.9 Å². The second-order valence-electron chi connectivity index (χ2n) is 8.66. The summed E-state index contributed by atoms with van der Waals surface area (Å²) in [6.45, 7) is 0. The number of hydrogen-bond acceptors (Lipinski definition) is 3. The summed E-state index contributed by atoms with van der Waals surface area (Å²) < 4.78 is 1.83. The highest BCUT2D eigenvalue weighted by molar-refractivity contribution is 5.93. The number of nitrogens with zero attached hydrogens (tertiary/aromatic N) is 2. The minimum absolute atomic E-state index is 0. The zero-order valence-corrected chi connectivity index (χ0v) is 16.9. The summed E-state index contributed by atoms with van der Waals surface area (Å²) in [5.74, 6) is 1.57. The number of hydrogen-bond donors (Lipinski definition) is 2. The van der Waals surface area contributed by atoms with Crippen molar-refractivity contribution in [1.29, 1.82) is 0 Å². The van der Waals surface area contributed by atoms with Crippen molar-refractivity contribution in [2.75, 3.05) is 0 Å². The molecule has 1 amide bonds. The van der Waals surface area contributed by atoms with Gasteiger partial charge in [0.1, 0.15) is 5.69 Å². The molecular formula is C22H29ClN4O. The van der Waals surface area contributed by atoms with Gasteiger partial charge in [-0.3, -0.25) is 4.79 Å². The van der Waals surface area contributed by atoms with Gasteiger partial charge in [0, 0.05) is 18.0 Å². The monoisotopic (exact) mass is 400 g/mol. The second kappa shape index (κ2) is 7.88.